The second-order valence-electron chi connectivity index (χ2n) is 1.50. The zero-order valence-corrected chi connectivity index (χ0v) is 26.8. The normalized spacial score (nSPS) is 9.47. The van der Waals surface area contributed by atoms with Gasteiger partial charge < -0.3 is 0 Å². The zero-order chi connectivity index (χ0) is 13.5. The van der Waals surface area contributed by atoms with Gasteiger partial charge in [-0.15, -0.1) is 0 Å². The van der Waals surface area contributed by atoms with E-state index >= 15 is 0 Å². The molecule has 0 saturated heterocycles. The van der Waals surface area contributed by atoms with Crippen molar-refractivity contribution in [3.05, 3.63) is 0 Å². The van der Waals surface area contributed by atoms with Gasteiger partial charge in [0, 0.05) is 0 Å². The molecule has 104 valence electrons. The standard InChI is InChI=1S/4Bi.12O.3Ti/q4*+3;12*-1;;;. The van der Waals surface area contributed by atoms with Crippen molar-refractivity contribution in [1.82, 2.24) is 0 Å². The van der Waals surface area contributed by atoms with Crippen molar-refractivity contribution in [3.63, 3.8) is 0 Å². The van der Waals surface area contributed by atoms with Crippen molar-refractivity contribution < 1.29 is 98.7 Å². The summed E-state index contributed by atoms with van der Waals surface area (Å²) in [6.45, 7) is 0. The molecule has 0 fully saturated rings. The first kappa shape index (κ1) is 44.0. The van der Waals surface area contributed by atoms with Gasteiger partial charge in [-0.25, -0.2) is 0 Å². The van der Waals surface area contributed by atoms with E-state index in [1.54, 1.807) is 0 Å². The molecule has 0 spiro atoms. The Kier molecular flexibility index (Phi) is 49.2. The van der Waals surface area contributed by atoms with Gasteiger partial charge in [0.1, 0.15) is 0 Å². The van der Waals surface area contributed by atoms with E-state index in [0.717, 1.165) is 0 Å². The Balaban J connectivity index is -0.0000000206. The van der Waals surface area contributed by atoms with Crippen LogP contribution in [0.2, 0.25) is 0 Å². The molecule has 0 unspecified atom stereocenters. The fourth-order valence-electron chi connectivity index (χ4n) is 0. The monoisotopic (exact) mass is 1170 g/mol. The molecule has 19 heavy (non-hydrogen) atoms. The molecule has 0 N–H and O–H groups in total. The summed E-state index contributed by atoms with van der Waals surface area (Å²) >= 11 is -18.0. The molecular formula is Bi4O12Ti3. The van der Waals surface area contributed by atoms with Crippen molar-refractivity contribution in [2.45, 2.75) is 0 Å². The van der Waals surface area contributed by atoms with E-state index in [1.807, 2.05) is 0 Å². The third kappa shape index (κ3) is 386. The molecule has 0 aromatic carbocycles. The molecule has 0 aliphatic heterocycles. The maximum absolute atomic E-state index is 8.62. The van der Waals surface area contributed by atoms with Crippen LogP contribution in [0.4, 0.5) is 0 Å². The van der Waals surface area contributed by atoms with E-state index in [-0.39, 0.29) is 105 Å². The van der Waals surface area contributed by atoms with E-state index < -0.39 is 54.4 Å². The van der Waals surface area contributed by atoms with Gasteiger partial charge in [0.05, 0.1) is 0 Å². The second kappa shape index (κ2) is 21.2. The van der Waals surface area contributed by atoms with Crippen molar-refractivity contribution in [2.24, 2.45) is 0 Å². The Morgan fingerprint density at radius 2 is 0.263 bits per heavy atom. The summed E-state index contributed by atoms with van der Waals surface area (Å²) in [7, 11) is 0. The minimum absolute atomic E-state index is 0. The molecule has 0 bridgehead atoms. The summed E-state index contributed by atoms with van der Waals surface area (Å²) in [5, 5.41) is 0. The third-order valence-electron chi connectivity index (χ3n) is 0. The summed E-state index contributed by atoms with van der Waals surface area (Å²) in [6, 6.07) is 0. The van der Waals surface area contributed by atoms with Crippen LogP contribution >= 0.6 is 0 Å². The molecule has 0 aromatic rings. The molecule has 0 rings (SSSR count). The summed E-state index contributed by atoms with van der Waals surface area (Å²) < 4.78 is 104. The Bertz CT molecular complexity index is 100.0. The molecular weight excluding hydrogens is 1170 g/mol. The van der Waals surface area contributed by atoms with Crippen LogP contribution in [-0.4, -0.2) is 105 Å². The van der Waals surface area contributed by atoms with Crippen LogP contribution in [0.15, 0.2) is 0 Å². The average molecular weight is 1170 g/mol. The van der Waals surface area contributed by atoms with Crippen molar-refractivity contribution in [1.29, 1.82) is 0 Å². The first-order chi connectivity index (χ1) is 6.00. The first-order valence-electron chi connectivity index (χ1n) is 2.45. The minimum atomic E-state index is -6.00. The summed E-state index contributed by atoms with van der Waals surface area (Å²) in [5.74, 6) is 0. The summed E-state index contributed by atoms with van der Waals surface area (Å²) in [5.41, 5.74) is 0. The topological polar surface area (TPSA) is 277 Å². The number of hydrogen-bond acceptors (Lipinski definition) is 12. The van der Waals surface area contributed by atoms with E-state index in [2.05, 4.69) is 0 Å². The van der Waals surface area contributed by atoms with Crippen LogP contribution in [0.5, 0.6) is 0 Å². The van der Waals surface area contributed by atoms with Gasteiger partial charge in [0.2, 0.25) is 0 Å². The molecule has 8 radical (unpaired) electrons. The van der Waals surface area contributed by atoms with Gasteiger partial charge in [-0.05, 0) is 0 Å². The fraction of sp³-hybridized carbons (Fsp3) is 0. The van der Waals surface area contributed by atoms with Crippen LogP contribution in [0, 0.1) is 0 Å². The molecule has 0 atom stereocenters. The molecule has 0 aliphatic rings. The van der Waals surface area contributed by atoms with E-state index in [4.69, 9.17) is 44.3 Å². The summed E-state index contributed by atoms with van der Waals surface area (Å²) in [6.07, 6.45) is 0. The van der Waals surface area contributed by atoms with Crippen LogP contribution in [0.1, 0.15) is 0 Å². The molecule has 0 aliphatic carbocycles. The van der Waals surface area contributed by atoms with Crippen molar-refractivity contribution in [3.8, 4) is 0 Å². The van der Waals surface area contributed by atoms with Crippen molar-refractivity contribution >= 4 is 105 Å². The molecule has 12 nitrogen and oxygen atoms in total. The molecule has 19 heteroatoms. The van der Waals surface area contributed by atoms with E-state index in [9.17, 15) is 0 Å². The van der Waals surface area contributed by atoms with Gasteiger partial charge >= 0.3 is 203 Å². The van der Waals surface area contributed by atoms with E-state index in [0.29, 0.717) is 0 Å². The Morgan fingerprint density at radius 1 is 0.263 bits per heavy atom. The predicted octanol–water partition coefficient (Wildman–Crippen LogP) is -15.8. The average Bonchev–Trinajstić information content (AvgIpc) is 1.41. The number of rotatable bonds is 0. The predicted molar refractivity (Wildman–Crippen MR) is 23.0 cm³/mol. The van der Waals surface area contributed by atoms with Crippen molar-refractivity contribution in [2.75, 3.05) is 0 Å². The third-order valence-corrected chi connectivity index (χ3v) is 0. The van der Waals surface area contributed by atoms with Gasteiger partial charge in [-0.2, -0.15) is 0 Å². The van der Waals surface area contributed by atoms with Crippen LogP contribution in [0.3, 0.4) is 0 Å². The Hall–Kier alpha value is 5.20. The molecule has 0 amide bonds. The van der Waals surface area contributed by atoms with Crippen LogP contribution < -0.4 is 44.3 Å². The molecule has 0 aromatic heterocycles. The van der Waals surface area contributed by atoms with Gasteiger partial charge in [0.15, 0.2) is 0 Å². The van der Waals surface area contributed by atoms with Gasteiger partial charge in [-0.1, -0.05) is 0 Å². The second-order valence-corrected chi connectivity index (χ2v) is 6.18. The summed E-state index contributed by atoms with van der Waals surface area (Å²) in [4.78, 5) is 0. The number of hydrogen-bond donors (Lipinski definition) is 0. The molecule has 0 heterocycles. The van der Waals surface area contributed by atoms with Crippen LogP contribution in [-0.2, 0) is 54.4 Å². The quantitative estimate of drug-likeness (QED) is 0.205. The fourth-order valence-corrected chi connectivity index (χ4v) is 0. The van der Waals surface area contributed by atoms with Crippen LogP contribution in [0.25, 0.3) is 0 Å². The SMILES string of the molecule is [Bi+3].[Bi+3].[Bi+3].[Bi+3].[O-][Ti]([O-])([O-])[O-].[O-][Ti]([O-])([O-])[O-].[O-][Ti]([O-])([O-])[O-]. The maximum atomic E-state index is 8.62. The van der Waals surface area contributed by atoms with Gasteiger partial charge in [0.25, 0.3) is 0 Å². The van der Waals surface area contributed by atoms with E-state index in [1.165, 1.54) is 0 Å². The first-order valence-corrected chi connectivity index (χ1v) is 10.1. The Morgan fingerprint density at radius 3 is 0.263 bits per heavy atom. The molecule has 0 saturated carbocycles. The van der Waals surface area contributed by atoms with Gasteiger partial charge in [-0.3, -0.25) is 0 Å². The zero-order valence-electron chi connectivity index (χ0n) is 8.19. The Labute approximate surface area is 199 Å².